The SMILES string of the molecule is COCCCc1nc(N)cc(C2CC2)n1. The molecule has 0 unspecified atom stereocenters. The van der Waals surface area contributed by atoms with Gasteiger partial charge in [0.2, 0.25) is 0 Å². The fourth-order valence-corrected chi connectivity index (χ4v) is 1.61. The summed E-state index contributed by atoms with van der Waals surface area (Å²) < 4.78 is 5.00. The van der Waals surface area contributed by atoms with E-state index in [2.05, 4.69) is 9.97 Å². The Bertz CT molecular complexity index is 337. The average Bonchev–Trinajstić information content (AvgIpc) is 3.00. The van der Waals surface area contributed by atoms with Crippen LogP contribution in [0.25, 0.3) is 0 Å². The van der Waals surface area contributed by atoms with Crippen LogP contribution < -0.4 is 5.73 Å². The van der Waals surface area contributed by atoms with E-state index in [0.29, 0.717) is 11.7 Å². The van der Waals surface area contributed by atoms with E-state index in [1.165, 1.54) is 12.8 Å². The lowest BCUT2D eigenvalue weighted by Gasteiger charge is -2.04. The van der Waals surface area contributed by atoms with Crippen molar-refractivity contribution in [3.63, 3.8) is 0 Å². The van der Waals surface area contributed by atoms with Crippen LogP contribution in [-0.4, -0.2) is 23.7 Å². The summed E-state index contributed by atoms with van der Waals surface area (Å²) in [5.41, 5.74) is 6.87. The first-order valence-corrected chi connectivity index (χ1v) is 5.42. The molecule has 2 N–H and O–H groups in total. The Morgan fingerprint density at radius 2 is 2.27 bits per heavy atom. The number of methoxy groups -OCH3 is 1. The molecule has 1 aliphatic rings. The van der Waals surface area contributed by atoms with Crippen molar-refractivity contribution in [3.8, 4) is 0 Å². The minimum atomic E-state index is 0.597. The van der Waals surface area contributed by atoms with E-state index < -0.39 is 0 Å². The Balaban J connectivity index is 2.02. The van der Waals surface area contributed by atoms with Crippen molar-refractivity contribution in [3.05, 3.63) is 17.6 Å². The largest absolute Gasteiger partial charge is 0.385 e. The van der Waals surface area contributed by atoms with Crippen molar-refractivity contribution >= 4 is 5.82 Å². The van der Waals surface area contributed by atoms with Crippen LogP contribution in [0.2, 0.25) is 0 Å². The first-order chi connectivity index (χ1) is 7.29. The van der Waals surface area contributed by atoms with Gasteiger partial charge in [0.05, 0.1) is 0 Å². The number of nitrogens with two attached hydrogens (primary N) is 1. The number of rotatable bonds is 5. The Kier molecular flexibility index (Phi) is 3.16. The molecule has 1 heterocycles. The lowest BCUT2D eigenvalue weighted by atomic mass is 10.2. The maximum atomic E-state index is 5.75. The van der Waals surface area contributed by atoms with Gasteiger partial charge in [0.1, 0.15) is 11.6 Å². The molecule has 1 saturated carbocycles. The molecule has 0 atom stereocenters. The predicted molar refractivity (Wildman–Crippen MR) is 58.6 cm³/mol. The van der Waals surface area contributed by atoms with Crippen LogP contribution in [0.4, 0.5) is 5.82 Å². The molecule has 4 heteroatoms. The Morgan fingerprint density at radius 1 is 1.47 bits per heavy atom. The van der Waals surface area contributed by atoms with Crippen molar-refractivity contribution in [1.82, 2.24) is 9.97 Å². The predicted octanol–water partition coefficient (Wildman–Crippen LogP) is 1.52. The molecule has 0 spiro atoms. The van der Waals surface area contributed by atoms with Gasteiger partial charge in [-0.05, 0) is 19.3 Å². The number of aromatic nitrogens is 2. The highest BCUT2D eigenvalue weighted by Crippen LogP contribution is 2.39. The smallest absolute Gasteiger partial charge is 0.131 e. The molecule has 1 aromatic heterocycles. The number of hydrogen-bond acceptors (Lipinski definition) is 4. The van der Waals surface area contributed by atoms with Gasteiger partial charge in [-0.15, -0.1) is 0 Å². The zero-order valence-corrected chi connectivity index (χ0v) is 9.07. The molecule has 0 radical (unpaired) electrons. The molecular formula is C11H17N3O. The van der Waals surface area contributed by atoms with Crippen LogP contribution in [0.5, 0.6) is 0 Å². The molecule has 0 amide bonds. The number of ether oxygens (including phenoxy) is 1. The van der Waals surface area contributed by atoms with Crippen molar-refractivity contribution in [1.29, 1.82) is 0 Å². The molecular weight excluding hydrogens is 190 g/mol. The van der Waals surface area contributed by atoms with Crippen LogP contribution >= 0.6 is 0 Å². The monoisotopic (exact) mass is 207 g/mol. The molecule has 1 aromatic rings. The normalized spacial score (nSPS) is 15.5. The van der Waals surface area contributed by atoms with E-state index >= 15 is 0 Å². The first kappa shape index (κ1) is 10.4. The van der Waals surface area contributed by atoms with Gasteiger partial charge in [-0.3, -0.25) is 0 Å². The molecule has 2 rings (SSSR count). The second-order valence-corrected chi connectivity index (χ2v) is 4.00. The van der Waals surface area contributed by atoms with E-state index in [4.69, 9.17) is 10.5 Å². The van der Waals surface area contributed by atoms with Crippen LogP contribution in [0.3, 0.4) is 0 Å². The number of aryl methyl sites for hydroxylation is 1. The van der Waals surface area contributed by atoms with Gasteiger partial charge < -0.3 is 10.5 Å². The maximum Gasteiger partial charge on any atom is 0.131 e. The average molecular weight is 207 g/mol. The summed E-state index contributed by atoms with van der Waals surface area (Å²) >= 11 is 0. The summed E-state index contributed by atoms with van der Waals surface area (Å²) in [6.07, 6.45) is 4.28. The van der Waals surface area contributed by atoms with Crippen LogP contribution in [0.1, 0.15) is 36.7 Å². The Hall–Kier alpha value is -1.16. The Morgan fingerprint density at radius 3 is 2.93 bits per heavy atom. The molecule has 0 aliphatic heterocycles. The van der Waals surface area contributed by atoms with Gasteiger partial charge >= 0.3 is 0 Å². The zero-order valence-electron chi connectivity index (χ0n) is 9.07. The van der Waals surface area contributed by atoms with Crippen LogP contribution in [-0.2, 0) is 11.2 Å². The van der Waals surface area contributed by atoms with E-state index in [1.54, 1.807) is 7.11 Å². The zero-order chi connectivity index (χ0) is 10.7. The highest BCUT2D eigenvalue weighted by atomic mass is 16.5. The molecule has 15 heavy (non-hydrogen) atoms. The molecule has 1 aliphatic carbocycles. The first-order valence-electron chi connectivity index (χ1n) is 5.42. The van der Waals surface area contributed by atoms with Crippen molar-refractivity contribution in [2.45, 2.75) is 31.6 Å². The molecule has 1 fully saturated rings. The van der Waals surface area contributed by atoms with E-state index in [0.717, 1.165) is 31.0 Å². The van der Waals surface area contributed by atoms with Gasteiger partial charge in [0, 0.05) is 37.8 Å². The lowest BCUT2D eigenvalue weighted by Crippen LogP contribution is -2.04. The fraction of sp³-hybridized carbons (Fsp3) is 0.636. The number of hydrogen-bond donors (Lipinski definition) is 1. The minimum Gasteiger partial charge on any atom is -0.385 e. The second-order valence-electron chi connectivity index (χ2n) is 4.00. The number of nitrogen functional groups attached to an aromatic ring is 1. The molecule has 0 aromatic carbocycles. The molecule has 4 nitrogen and oxygen atoms in total. The topological polar surface area (TPSA) is 61.0 Å². The summed E-state index contributed by atoms with van der Waals surface area (Å²) in [6.45, 7) is 0.747. The molecule has 82 valence electrons. The molecule has 0 bridgehead atoms. The van der Waals surface area contributed by atoms with Gasteiger partial charge in [-0.25, -0.2) is 9.97 Å². The highest BCUT2D eigenvalue weighted by molar-refractivity contribution is 5.32. The quantitative estimate of drug-likeness (QED) is 0.743. The van der Waals surface area contributed by atoms with Crippen molar-refractivity contribution in [2.24, 2.45) is 0 Å². The minimum absolute atomic E-state index is 0.597. The fourth-order valence-electron chi connectivity index (χ4n) is 1.61. The summed E-state index contributed by atoms with van der Waals surface area (Å²) in [5, 5.41) is 0. The molecule has 0 saturated heterocycles. The summed E-state index contributed by atoms with van der Waals surface area (Å²) in [6, 6.07) is 1.90. The van der Waals surface area contributed by atoms with E-state index in [9.17, 15) is 0 Å². The summed E-state index contributed by atoms with van der Waals surface area (Å²) in [4.78, 5) is 8.75. The number of nitrogens with zero attached hydrogens (tertiary/aromatic N) is 2. The highest BCUT2D eigenvalue weighted by Gasteiger charge is 2.25. The standard InChI is InChI=1S/C11H17N3O/c1-15-6-2-3-11-13-9(8-4-5-8)7-10(12)14-11/h7-8H,2-6H2,1H3,(H2,12,13,14). The van der Waals surface area contributed by atoms with Crippen molar-refractivity contribution < 1.29 is 4.74 Å². The number of anilines is 1. The summed E-state index contributed by atoms with van der Waals surface area (Å²) in [7, 11) is 1.70. The third-order valence-electron chi connectivity index (χ3n) is 2.56. The third kappa shape index (κ3) is 2.89. The van der Waals surface area contributed by atoms with Gasteiger partial charge in [-0.1, -0.05) is 0 Å². The van der Waals surface area contributed by atoms with Gasteiger partial charge in [0.15, 0.2) is 0 Å². The summed E-state index contributed by atoms with van der Waals surface area (Å²) in [5.74, 6) is 2.09. The van der Waals surface area contributed by atoms with Crippen LogP contribution in [0.15, 0.2) is 6.07 Å². The maximum absolute atomic E-state index is 5.75. The van der Waals surface area contributed by atoms with Gasteiger partial charge in [0.25, 0.3) is 0 Å². The third-order valence-corrected chi connectivity index (χ3v) is 2.56. The van der Waals surface area contributed by atoms with Gasteiger partial charge in [-0.2, -0.15) is 0 Å². The lowest BCUT2D eigenvalue weighted by molar-refractivity contribution is 0.194. The van der Waals surface area contributed by atoms with E-state index in [-0.39, 0.29) is 0 Å². The van der Waals surface area contributed by atoms with E-state index in [1.807, 2.05) is 6.07 Å². The van der Waals surface area contributed by atoms with Crippen LogP contribution in [0, 0.1) is 0 Å². The Labute approximate surface area is 89.9 Å². The van der Waals surface area contributed by atoms with Crippen molar-refractivity contribution in [2.75, 3.05) is 19.5 Å². The second kappa shape index (κ2) is 4.57.